The minimum absolute atomic E-state index is 0.161. The zero-order valence-electron chi connectivity index (χ0n) is 23.8. The summed E-state index contributed by atoms with van der Waals surface area (Å²) in [5.41, 5.74) is 13.7. The lowest BCUT2D eigenvalue weighted by Crippen LogP contribution is -2.59. The van der Waals surface area contributed by atoms with Crippen molar-refractivity contribution in [1.82, 2.24) is 9.13 Å². The van der Waals surface area contributed by atoms with Crippen LogP contribution in [-0.4, -0.2) is 15.8 Å². The number of fused-ring (bicyclic) bond motifs is 16. The lowest BCUT2D eigenvalue weighted by atomic mass is 9.34. The van der Waals surface area contributed by atoms with Crippen LogP contribution in [0.25, 0.3) is 75.2 Å². The average Bonchev–Trinajstić information content (AvgIpc) is 3.70. The Morgan fingerprint density at radius 3 is 2.00 bits per heavy atom. The van der Waals surface area contributed by atoms with Gasteiger partial charge in [0.15, 0.2) is 0 Å². The van der Waals surface area contributed by atoms with E-state index in [-0.39, 0.29) is 6.71 Å². The van der Waals surface area contributed by atoms with Crippen LogP contribution in [0.3, 0.4) is 0 Å². The highest BCUT2D eigenvalue weighted by molar-refractivity contribution is 7.26. The molecule has 11 rings (SSSR count). The minimum atomic E-state index is 0.161. The van der Waals surface area contributed by atoms with Crippen molar-refractivity contribution >= 4 is 98.2 Å². The van der Waals surface area contributed by atoms with E-state index in [1.165, 1.54) is 97.1 Å². The molecule has 0 atom stereocenters. The zero-order valence-corrected chi connectivity index (χ0v) is 24.7. The first-order valence-corrected chi connectivity index (χ1v) is 16.1. The third-order valence-electron chi connectivity index (χ3n) is 10.3. The highest BCUT2D eigenvalue weighted by atomic mass is 32.1. The summed E-state index contributed by atoms with van der Waals surface area (Å²) in [6.07, 6.45) is 0. The zero-order chi connectivity index (χ0) is 28.1. The molecule has 4 heteroatoms. The average molecular weight is 565 g/mol. The van der Waals surface area contributed by atoms with Gasteiger partial charge in [-0.15, -0.1) is 11.3 Å². The molecule has 0 aliphatic carbocycles. The number of hydrogen-bond acceptors (Lipinski definition) is 1. The van der Waals surface area contributed by atoms with E-state index < -0.39 is 0 Å². The number of aromatic nitrogens is 2. The molecule has 6 aromatic carbocycles. The lowest BCUT2D eigenvalue weighted by Gasteiger charge is -2.33. The van der Waals surface area contributed by atoms with E-state index in [9.17, 15) is 0 Å². The Hall–Kier alpha value is -4.80. The number of thiophene rings is 1. The smallest absolute Gasteiger partial charge is 0.252 e. The van der Waals surface area contributed by atoms with Gasteiger partial charge in [0.2, 0.25) is 0 Å². The van der Waals surface area contributed by atoms with E-state index in [2.05, 4.69) is 132 Å². The fraction of sp³-hybridized carbons (Fsp3) is 0.0769. The van der Waals surface area contributed by atoms with E-state index >= 15 is 0 Å². The van der Waals surface area contributed by atoms with Crippen molar-refractivity contribution in [2.24, 2.45) is 0 Å². The van der Waals surface area contributed by atoms with Gasteiger partial charge in [0.05, 0.1) is 27.8 Å². The van der Waals surface area contributed by atoms with Gasteiger partial charge in [-0.25, -0.2) is 0 Å². The molecular formula is C39H25BN2S. The Kier molecular flexibility index (Phi) is 4.01. The quantitative estimate of drug-likeness (QED) is 0.177. The normalized spacial score (nSPS) is 13.5. The Morgan fingerprint density at radius 1 is 0.581 bits per heavy atom. The Morgan fingerprint density at radius 2 is 1.23 bits per heavy atom. The van der Waals surface area contributed by atoms with Crippen molar-refractivity contribution in [3.63, 3.8) is 0 Å². The molecule has 0 unspecified atom stereocenters. The molecule has 0 saturated heterocycles. The molecule has 5 heterocycles. The van der Waals surface area contributed by atoms with E-state index in [1.54, 1.807) is 0 Å². The van der Waals surface area contributed by atoms with Crippen LogP contribution >= 0.6 is 11.3 Å². The van der Waals surface area contributed by atoms with Crippen molar-refractivity contribution < 1.29 is 0 Å². The van der Waals surface area contributed by atoms with E-state index in [0.717, 1.165) is 0 Å². The summed E-state index contributed by atoms with van der Waals surface area (Å²) >= 11 is 1.91. The first kappa shape index (κ1) is 22.8. The van der Waals surface area contributed by atoms with Gasteiger partial charge in [-0.05, 0) is 64.3 Å². The maximum atomic E-state index is 2.63. The third kappa shape index (κ3) is 2.56. The molecule has 43 heavy (non-hydrogen) atoms. The van der Waals surface area contributed by atoms with Crippen molar-refractivity contribution in [2.75, 3.05) is 0 Å². The van der Waals surface area contributed by atoms with Crippen LogP contribution in [0, 0.1) is 0 Å². The molecule has 0 spiro atoms. The molecule has 0 fully saturated rings. The monoisotopic (exact) mass is 564 g/mol. The van der Waals surface area contributed by atoms with Crippen LogP contribution in [0.5, 0.6) is 0 Å². The summed E-state index contributed by atoms with van der Waals surface area (Å²) in [6.45, 7) is 4.77. The van der Waals surface area contributed by atoms with Crippen LogP contribution in [0.15, 0.2) is 109 Å². The molecule has 0 N–H and O–H groups in total. The summed E-state index contributed by atoms with van der Waals surface area (Å²) in [5, 5.41) is 8.12. The van der Waals surface area contributed by atoms with Crippen LogP contribution in [0.4, 0.5) is 0 Å². The molecule has 2 aliphatic heterocycles. The molecule has 0 radical (unpaired) electrons. The molecule has 0 amide bonds. The van der Waals surface area contributed by atoms with E-state index in [4.69, 9.17) is 0 Å². The summed E-state index contributed by atoms with van der Waals surface area (Å²) < 4.78 is 7.92. The Balaban J connectivity index is 1.47. The fourth-order valence-corrected chi connectivity index (χ4v) is 9.60. The van der Waals surface area contributed by atoms with Crippen LogP contribution in [0.1, 0.15) is 25.3 Å². The molecular weight excluding hydrogens is 539 g/mol. The SMILES string of the molecule is CC(C)c1ccc2c(c1)-n1c3ccccc3c3cc4c5ccccc5n5c4c(c31)B2c1ccc2sc3ccccc3c2c1-5. The van der Waals surface area contributed by atoms with E-state index in [1.807, 2.05) is 11.3 Å². The van der Waals surface area contributed by atoms with Gasteiger partial charge in [-0.1, -0.05) is 86.6 Å². The minimum Gasteiger partial charge on any atom is -0.310 e. The van der Waals surface area contributed by atoms with Gasteiger partial charge in [0.25, 0.3) is 6.71 Å². The van der Waals surface area contributed by atoms with Gasteiger partial charge in [0, 0.05) is 47.4 Å². The molecule has 3 aromatic heterocycles. The van der Waals surface area contributed by atoms with Gasteiger partial charge in [-0.3, -0.25) is 0 Å². The van der Waals surface area contributed by atoms with Gasteiger partial charge < -0.3 is 9.13 Å². The van der Waals surface area contributed by atoms with E-state index in [0.29, 0.717) is 5.92 Å². The Bertz CT molecular complexity index is 2720. The number of hydrogen-bond donors (Lipinski definition) is 0. The maximum Gasteiger partial charge on any atom is 0.252 e. The van der Waals surface area contributed by atoms with Gasteiger partial charge in [-0.2, -0.15) is 0 Å². The van der Waals surface area contributed by atoms with Gasteiger partial charge in [0.1, 0.15) is 0 Å². The number of para-hydroxylation sites is 2. The summed E-state index contributed by atoms with van der Waals surface area (Å²) in [4.78, 5) is 0. The largest absolute Gasteiger partial charge is 0.310 e. The van der Waals surface area contributed by atoms with Crippen LogP contribution in [0.2, 0.25) is 0 Å². The second-order valence-corrected chi connectivity index (χ2v) is 13.8. The molecule has 2 nitrogen and oxygen atoms in total. The predicted octanol–water partition coefficient (Wildman–Crippen LogP) is 8.52. The molecule has 200 valence electrons. The molecule has 2 aliphatic rings. The molecule has 0 bridgehead atoms. The van der Waals surface area contributed by atoms with Crippen molar-refractivity contribution in [3.05, 3.63) is 115 Å². The number of rotatable bonds is 1. The first-order chi connectivity index (χ1) is 21.2. The number of nitrogens with zero attached hydrogens (tertiary/aromatic N) is 2. The molecule has 0 saturated carbocycles. The summed E-state index contributed by atoms with van der Waals surface area (Å²) in [6, 6.07) is 41.6. The maximum absolute atomic E-state index is 2.63. The standard InChI is InChI=1S/C39H25BN2S/c1-21(2)22-15-16-28-32(19-22)41-30-12-6-3-9-23(30)26-20-27-24-10-4-7-13-31(24)42-38(27)36(37(26)41)40(28)29-17-18-34-35(39(29)42)25-11-5-8-14-33(25)43-34/h3-21H,1-2H3. The summed E-state index contributed by atoms with van der Waals surface area (Å²) in [5.74, 6) is 0.462. The van der Waals surface area contributed by atoms with Crippen molar-refractivity contribution in [2.45, 2.75) is 19.8 Å². The topological polar surface area (TPSA) is 9.86 Å². The molecule has 9 aromatic rings. The van der Waals surface area contributed by atoms with Gasteiger partial charge >= 0.3 is 0 Å². The third-order valence-corrected chi connectivity index (χ3v) is 11.4. The predicted molar refractivity (Wildman–Crippen MR) is 187 cm³/mol. The fourth-order valence-electron chi connectivity index (χ4n) is 8.49. The highest BCUT2D eigenvalue weighted by Gasteiger charge is 2.42. The van der Waals surface area contributed by atoms with Crippen LogP contribution in [-0.2, 0) is 0 Å². The van der Waals surface area contributed by atoms with Crippen molar-refractivity contribution in [1.29, 1.82) is 0 Å². The highest BCUT2D eigenvalue weighted by Crippen LogP contribution is 2.45. The Labute approximate surface area is 252 Å². The first-order valence-electron chi connectivity index (χ1n) is 15.3. The van der Waals surface area contributed by atoms with Crippen LogP contribution < -0.4 is 16.4 Å². The second kappa shape index (κ2) is 7.58. The second-order valence-electron chi connectivity index (χ2n) is 12.7. The number of benzene rings is 6. The summed E-state index contributed by atoms with van der Waals surface area (Å²) in [7, 11) is 0. The lowest BCUT2D eigenvalue weighted by molar-refractivity contribution is 0.865. The van der Waals surface area contributed by atoms with Crippen molar-refractivity contribution in [3.8, 4) is 11.4 Å².